The fourth-order valence-corrected chi connectivity index (χ4v) is 3.59. The first-order valence-corrected chi connectivity index (χ1v) is 9.87. The van der Waals surface area contributed by atoms with Gasteiger partial charge in [0.1, 0.15) is 17.8 Å². The third-order valence-corrected chi connectivity index (χ3v) is 5.24. The highest BCUT2D eigenvalue weighted by Crippen LogP contribution is 2.30. The van der Waals surface area contributed by atoms with Crippen molar-refractivity contribution in [2.45, 2.75) is 19.4 Å². The molecule has 1 atom stereocenters. The standard InChI is InChI=1S/C19H20N4O6S/c1-4-29-15(25)13-10-30-17(20-13)21-14(24)9-23-16(26)19(2,22-18(23)27)11-5-7-12(28-3)8-6-11/h5-8,10H,4,9H2,1-3H3,(H,22,27)(H,20,21,24). The van der Waals surface area contributed by atoms with E-state index < -0.39 is 35.9 Å². The second-order valence-electron chi connectivity index (χ2n) is 6.48. The summed E-state index contributed by atoms with van der Waals surface area (Å²) in [5.41, 5.74) is -0.676. The van der Waals surface area contributed by atoms with Gasteiger partial charge in [-0.1, -0.05) is 12.1 Å². The van der Waals surface area contributed by atoms with E-state index in [9.17, 15) is 19.2 Å². The van der Waals surface area contributed by atoms with Gasteiger partial charge in [-0.15, -0.1) is 11.3 Å². The van der Waals surface area contributed by atoms with Crippen LogP contribution in [0.3, 0.4) is 0 Å². The van der Waals surface area contributed by atoms with Crippen LogP contribution in [0.15, 0.2) is 29.6 Å². The third-order valence-electron chi connectivity index (χ3n) is 4.48. The van der Waals surface area contributed by atoms with Gasteiger partial charge < -0.3 is 20.1 Å². The quantitative estimate of drug-likeness (QED) is 0.504. The second kappa shape index (κ2) is 8.49. The molecule has 4 amide bonds. The van der Waals surface area contributed by atoms with Crippen LogP contribution in [-0.2, 0) is 19.9 Å². The lowest BCUT2D eigenvalue weighted by Crippen LogP contribution is -2.42. The average molecular weight is 432 g/mol. The van der Waals surface area contributed by atoms with Crippen LogP contribution >= 0.6 is 11.3 Å². The maximum absolute atomic E-state index is 12.9. The van der Waals surface area contributed by atoms with Gasteiger partial charge in [0.15, 0.2) is 10.8 Å². The minimum absolute atomic E-state index is 0.0687. The Morgan fingerprint density at radius 2 is 1.97 bits per heavy atom. The van der Waals surface area contributed by atoms with Gasteiger partial charge in [0.05, 0.1) is 13.7 Å². The molecule has 1 aliphatic rings. The molecule has 30 heavy (non-hydrogen) atoms. The van der Waals surface area contributed by atoms with E-state index in [-0.39, 0.29) is 17.4 Å². The van der Waals surface area contributed by atoms with E-state index in [2.05, 4.69) is 15.6 Å². The van der Waals surface area contributed by atoms with Crippen molar-refractivity contribution in [3.05, 3.63) is 40.9 Å². The monoisotopic (exact) mass is 432 g/mol. The van der Waals surface area contributed by atoms with Crippen molar-refractivity contribution in [2.75, 3.05) is 25.6 Å². The molecule has 1 aliphatic heterocycles. The highest BCUT2D eigenvalue weighted by atomic mass is 32.1. The summed E-state index contributed by atoms with van der Waals surface area (Å²) in [7, 11) is 1.53. The molecule has 1 unspecified atom stereocenters. The molecule has 3 rings (SSSR count). The Balaban J connectivity index is 1.67. The number of amides is 4. The molecular weight excluding hydrogens is 412 g/mol. The zero-order valence-electron chi connectivity index (χ0n) is 16.6. The Bertz CT molecular complexity index is 989. The number of nitrogens with zero attached hydrogens (tertiary/aromatic N) is 2. The van der Waals surface area contributed by atoms with Crippen LogP contribution in [0, 0.1) is 0 Å². The predicted molar refractivity (Wildman–Crippen MR) is 107 cm³/mol. The molecule has 1 aromatic heterocycles. The number of nitrogens with one attached hydrogen (secondary N) is 2. The van der Waals surface area contributed by atoms with Crippen molar-refractivity contribution in [2.24, 2.45) is 0 Å². The molecule has 2 N–H and O–H groups in total. The van der Waals surface area contributed by atoms with Gasteiger partial charge in [-0.05, 0) is 31.5 Å². The number of hydrogen-bond acceptors (Lipinski definition) is 8. The summed E-state index contributed by atoms with van der Waals surface area (Å²) in [6.45, 7) is 2.95. The normalized spacial score (nSPS) is 18.2. The fourth-order valence-electron chi connectivity index (χ4n) is 2.89. The second-order valence-corrected chi connectivity index (χ2v) is 7.34. The molecule has 158 valence electrons. The van der Waals surface area contributed by atoms with Crippen LogP contribution in [0.25, 0.3) is 0 Å². The fraction of sp³-hybridized carbons (Fsp3) is 0.316. The predicted octanol–water partition coefficient (Wildman–Crippen LogP) is 1.73. The third kappa shape index (κ3) is 4.10. The molecule has 0 radical (unpaired) electrons. The smallest absolute Gasteiger partial charge is 0.357 e. The number of ether oxygens (including phenoxy) is 2. The van der Waals surface area contributed by atoms with E-state index in [1.54, 1.807) is 38.1 Å². The molecule has 0 bridgehead atoms. The lowest BCUT2D eigenvalue weighted by atomic mass is 9.92. The SMILES string of the molecule is CCOC(=O)c1csc(NC(=O)CN2C(=O)NC(C)(c3ccc(OC)cc3)C2=O)n1. The van der Waals surface area contributed by atoms with Crippen molar-refractivity contribution in [1.29, 1.82) is 0 Å². The molecule has 11 heteroatoms. The molecule has 1 aromatic carbocycles. The van der Waals surface area contributed by atoms with Crippen LogP contribution in [0.4, 0.5) is 9.93 Å². The molecule has 10 nitrogen and oxygen atoms in total. The summed E-state index contributed by atoms with van der Waals surface area (Å²) in [6, 6.07) is 6.03. The van der Waals surface area contributed by atoms with Crippen LogP contribution in [0.5, 0.6) is 5.75 Å². The van der Waals surface area contributed by atoms with Crippen LogP contribution in [0.2, 0.25) is 0 Å². The molecule has 1 fully saturated rings. The number of aromatic nitrogens is 1. The number of hydrogen-bond donors (Lipinski definition) is 2. The van der Waals surface area contributed by atoms with E-state index in [0.717, 1.165) is 16.2 Å². The highest BCUT2D eigenvalue weighted by molar-refractivity contribution is 7.14. The Morgan fingerprint density at radius 1 is 1.27 bits per heavy atom. The summed E-state index contributed by atoms with van der Waals surface area (Å²) < 4.78 is 9.94. The van der Waals surface area contributed by atoms with Gasteiger partial charge in [-0.2, -0.15) is 0 Å². The molecule has 0 spiro atoms. The molecule has 0 saturated carbocycles. The molecule has 1 saturated heterocycles. The van der Waals surface area contributed by atoms with E-state index >= 15 is 0 Å². The Kier molecular flexibility index (Phi) is 6.01. The minimum Gasteiger partial charge on any atom is -0.497 e. The number of rotatable bonds is 7. The molecule has 0 aliphatic carbocycles. The van der Waals surface area contributed by atoms with Crippen molar-refractivity contribution < 1.29 is 28.7 Å². The zero-order chi connectivity index (χ0) is 21.9. The summed E-state index contributed by atoms with van der Waals surface area (Å²) >= 11 is 1.03. The number of methoxy groups -OCH3 is 1. The molecular formula is C19H20N4O6S. The maximum Gasteiger partial charge on any atom is 0.357 e. The number of carbonyl (C=O) groups is 4. The van der Waals surface area contributed by atoms with Gasteiger partial charge in [0, 0.05) is 5.38 Å². The first kappa shape index (κ1) is 21.2. The lowest BCUT2D eigenvalue weighted by Gasteiger charge is -2.22. The summed E-state index contributed by atoms with van der Waals surface area (Å²) in [6.07, 6.45) is 0. The number of carbonyl (C=O) groups excluding carboxylic acids is 4. The zero-order valence-corrected chi connectivity index (χ0v) is 17.4. The summed E-state index contributed by atoms with van der Waals surface area (Å²) in [5.74, 6) is -1.17. The van der Waals surface area contributed by atoms with E-state index in [1.165, 1.54) is 12.5 Å². The average Bonchev–Trinajstić information content (AvgIpc) is 3.27. The van der Waals surface area contributed by atoms with Gasteiger partial charge in [0.2, 0.25) is 5.91 Å². The Hall–Kier alpha value is -3.47. The first-order valence-electron chi connectivity index (χ1n) is 8.99. The number of thiazole rings is 1. The highest BCUT2D eigenvalue weighted by Gasteiger charge is 2.49. The van der Waals surface area contributed by atoms with Crippen LogP contribution in [-0.4, -0.2) is 54.0 Å². The van der Waals surface area contributed by atoms with E-state index in [4.69, 9.17) is 9.47 Å². The minimum atomic E-state index is -1.30. The number of urea groups is 1. The number of anilines is 1. The van der Waals surface area contributed by atoms with Crippen molar-refractivity contribution in [1.82, 2.24) is 15.2 Å². The van der Waals surface area contributed by atoms with Crippen molar-refractivity contribution >= 4 is 40.3 Å². The van der Waals surface area contributed by atoms with E-state index in [1.807, 2.05) is 0 Å². The number of benzene rings is 1. The summed E-state index contributed by atoms with van der Waals surface area (Å²) in [5, 5.41) is 6.72. The number of imide groups is 1. The Morgan fingerprint density at radius 3 is 2.60 bits per heavy atom. The van der Waals surface area contributed by atoms with E-state index in [0.29, 0.717) is 11.3 Å². The van der Waals surface area contributed by atoms with Gasteiger partial charge in [-0.3, -0.25) is 14.5 Å². The lowest BCUT2D eigenvalue weighted by molar-refractivity contribution is -0.133. The topological polar surface area (TPSA) is 127 Å². The van der Waals surface area contributed by atoms with Gasteiger partial charge in [0.25, 0.3) is 5.91 Å². The van der Waals surface area contributed by atoms with Crippen LogP contribution < -0.4 is 15.4 Å². The maximum atomic E-state index is 12.9. The molecule has 2 aromatic rings. The first-order chi connectivity index (χ1) is 14.3. The van der Waals surface area contributed by atoms with Crippen molar-refractivity contribution in [3.8, 4) is 5.75 Å². The summed E-state index contributed by atoms with van der Waals surface area (Å²) in [4.78, 5) is 54.1. The molecule has 2 heterocycles. The Labute approximate surface area is 176 Å². The van der Waals surface area contributed by atoms with Gasteiger partial charge >= 0.3 is 12.0 Å². The number of esters is 1. The van der Waals surface area contributed by atoms with Gasteiger partial charge in [-0.25, -0.2) is 14.6 Å². The van der Waals surface area contributed by atoms with Crippen molar-refractivity contribution in [3.63, 3.8) is 0 Å². The van der Waals surface area contributed by atoms with Crippen LogP contribution in [0.1, 0.15) is 29.9 Å². The largest absolute Gasteiger partial charge is 0.497 e.